The molecule has 2 rings (SSSR count). The molecule has 1 amide bonds. The van der Waals surface area contributed by atoms with Gasteiger partial charge in [-0.1, -0.05) is 18.2 Å². The highest BCUT2D eigenvalue weighted by molar-refractivity contribution is 7.07. The third kappa shape index (κ3) is 4.32. The highest BCUT2D eigenvalue weighted by atomic mass is 32.1. The maximum atomic E-state index is 12.7. The second-order valence-corrected chi connectivity index (χ2v) is 5.50. The predicted molar refractivity (Wildman–Crippen MR) is 76.3 cm³/mol. The van der Waals surface area contributed by atoms with E-state index in [0.717, 1.165) is 4.90 Å². The van der Waals surface area contributed by atoms with E-state index in [1.807, 2.05) is 0 Å². The molecular formula is C15H14F3NOS. The third-order valence-electron chi connectivity index (χ3n) is 2.99. The lowest BCUT2D eigenvalue weighted by Gasteiger charge is -2.24. The molecule has 0 spiro atoms. The van der Waals surface area contributed by atoms with Crippen LogP contribution in [-0.4, -0.2) is 23.5 Å². The molecule has 1 aromatic carbocycles. The average molecular weight is 313 g/mol. The summed E-state index contributed by atoms with van der Waals surface area (Å²) < 4.78 is 38.2. The minimum Gasteiger partial charge on any atom is -0.325 e. The fourth-order valence-corrected chi connectivity index (χ4v) is 2.66. The van der Waals surface area contributed by atoms with Crippen molar-refractivity contribution >= 4 is 17.2 Å². The molecule has 0 aliphatic heterocycles. The number of hydrogen-bond donors (Lipinski definition) is 0. The number of thiophene rings is 1. The zero-order chi connectivity index (χ0) is 15.5. The van der Waals surface area contributed by atoms with Gasteiger partial charge in [-0.15, -0.1) is 0 Å². The molecule has 2 nitrogen and oxygen atoms in total. The van der Waals surface area contributed by atoms with E-state index in [2.05, 4.69) is 0 Å². The van der Waals surface area contributed by atoms with Gasteiger partial charge in [0.15, 0.2) is 0 Å². The van der Waals surface area contributed by atoms with E-state index >= 15 is 0 Å². The zero-order valence-electron chi connectivity index (χ0n) is 11.4. The summed E-state index contributed by atoms with van der Waals surface area (Å²) in [4.78, 5) is 13.2. The second-order valence-electron chi connectivity index (χ2n) is 4.72. The highest BCUT2D eigenvalue weighted by Gasteiger charge is 2.33. The van der Waals surface area contributed by atoms with Crippen LogP contribution in [0.15, 0.2) is 41.1 Å². The van der Waals surface area contributed by atoms with Crippen LogP contribution in [0.5, 0.6) is 0 Å². The van der Waals surface area contributed by atoms with Crippen molar-refractivity contribution < 1.29 is 18.0 Å². The van der Waals surface area contributed by atoms with Gasteiger partial charge in [0.2, 0.25) is 0 Å². The molecule has 1 aromatic heterocycles. The highest BCUT2D eigenvalue weighted by Crippen LogP contribution is 2.21. The summed E-state index contributed by atoms with van der Waals surface area (Å²) in [5, 5.41) is 3.52. The molecule has 0 bridgehead atoms. The van der Waals surface area contributed by atoms with E-state index in [-0.39, 0.29) is 6.54 Å². The molecule has 1 heterocycles. The number of benzene rings is 1. The van der Waals surface area contributed by atoms with Gasteiger partial charge in [-0.05, 0) is 40.9 Å². The Morgan fingerprint density at radius 2 is 1.95 bits per heavy atom. The summed E-state index contributed by atoms with van der Waals surface area (Å²) in [6.07, 6.45) is -4.42. The molecule has 0 radical (unpaired) electrons. The van der Waals surface area contributed by atoms with E-state index in [0.29, 0.717) is 16.7 Å². The molecule has 0 N–H and O–H groups in total. The van der Waals surface area contributed by atoms with Crippen molar-refractivity contribution in [3.63, 3.8) is 0 Å². The van der Waals surface area contributed by atoms with Gasteiger partial charge in [0, 0.05) is 12.1 Å². The Morgan fingerprint density at radius 1 is 1.24 bits per heavy atom. The van der Waals surface area contributed by atoms with Crippen molar-refractivity contribution in [3.05, 3.63) is 57.8 Å². The molecule has 0 aliphatic carbocycles. The Balaban J connectivity index is 2.26. The first-order valence-corrected chi connectivity index (χ1v) is 7.24. The fourth-order valence-electron chi connectivity index (χ4n) is 2.00. The standard InChI is InChI=1S/C15H14F3NOS/c1-11-4-2-3-5-13(11)14(20)19(10-15(16,17)18)8-12-6-7-21-9-12/h2-7,9H,8,10H2,1H3. The lowest BCUT2D eigenvalue weighted by atomic mass is 10.1. The van der Waals surface area contributed by atoms with Gasteiger partial charge in [-0.2, -0.15) is 24.5 Å². The molecule has 0 saturated carbocycles. The van der Waals surface area contributed by atoms with Crippen molar-refractivity contribution in [2.75, 3.05) is 6.54 Å². The summed E-state index contributed by atoms with van der Waals surface area (Å²) in [5.41, 5.74) is 1.67. The largest absolute Gasteiger partial charge is 0.406 e. The maximum Gasteiger partial charge on any atom is 0.406 e. The molecule has 6 heteroatoms. The molecule has 0 atom stereocenters. The van der Waals surface area contributed by atoms with Gasteiger partial charge in [0.05, 0.1) is 0 Å². The minimum atomic E-state index is -4.42. The van der Waals surface area contributed by atoms with Gasteiger partial charge in [-0.25, -0.2) is 0 Å². The monoisotopic (exact) mass is 313 g/mol. The smallest absolute Gasteiger partial charge is 0.325 e. The van der Waals surface area contributed by atoms with Crippen LogP contribution in [-0.2, 0) is 6.54 Å². The fraction of sp³-hybridized carbons (Fsp3) is 0.267. The molecule has 0 saturated heterocycles. The first-order valence-electron chi connectivity index (χ1n) is 6.29. The Morgan fingerprint density at radius 3 is 2.52 bits per heavy atom. The van der Waals surface area contributed by atoms with Crippen molar-refractivity contribution in [1.82, 2.24) is 4.90 Å². The van der Waals surface area contributed by atoms with E-state index in [4.69, 9.17) is 0 Å². The maximum absolute atomic E-state index is 12.7. The van der Waals surface area contributed by atoms with Crippen LogP contribution < -0.4 is 0 Å². The van der Waals surface area contributed by atoms with Crippen LogP contribution in [0.1, 0.15) is 21.5 Å². The topological polar surface area (TPSA) is 20.3 Å². The van der Waals surface area contributed by atoms with Crippen LogP contribution in [0.3, 0.4) is 0 Å². The van der Waals surface area contributed by atoms with Crippen LogP contribution in [0, 0.1) is 6.92 Å². The summed E-state index contributed by atoms with van der Waals surface area (Å²) in [5.74, 6) is -0.600. The minimum absolute atomic E-state index is 0.0455. The third-order valence-corrected chi connectivity index (χ3v) is 3.72. The van der Waals surface area contributed by atoms with Crippen molar-refractivity contribution in [2.24, 2.45) is 0 Å². The van der Waals surface area contributed by atoms with Crippen LogP contribution >= 0.6 is 11.3 Å². The van der Waals surface area contributed by atoms with Gasteiger partial charge in [0.1, 0.15) is 6.54 Å². The molecule has 0 aliphatic rings. The molecule has 2 aromatic rings. The second kappa shape index (κ2) is 6.30. The van der Waals surface area contributed by atoms with E-state index in [1.165, 1.54) is 11.3 Å². The van der Waals surface area contributed by atoms with Crippen LogP contribution in [0.2, 0.25) is 0 Å². The van der Waals surface area contributed by atoms with Crippen LogP contribution in [0.25, 0.3) is 0 Å². The quantitative estimate of drug-likeness (QED) is 0.826. The van der Waals surface area contributed by atoms with Crippen LogP contribution in [0.4, 0.5) is 13.2 Å². The van der Waals surface area contributed by atoms with Gasteiger partial charge in [0.25, 0.3) is 5.91 Å². The Labute approximate surface area is 124 Å². The lowest BCUT2D eigenvalue weighted by Crippen LogP contribution is -2.38. The molecule has 112 valence electrons. The summed E-state index contributed by atoms with van der Waals surface area (Å²) in [7, 11) is 0. The number of carbonyl (C=O) groups excluding carboxylic acids is 1. The lowest BCUT2D eigenvalue weighted by molar-refractivity contribution is -0.141. The first kappa shape index (κ1) is 15.6. The average Bonchev–Trinajstić information content (AvgIpc) is 2.89. The normalized spacial score (nSPS) is 11.4. The number of alkyl halides is 3. The number of hydrogen-bond acceptors (Lipinski definition) is 2. The number of rotatable bonds is 4. The van der Waals surface area contributed by atoms with Crippen molar-refractivity contribution in [3.8, 4) is 0 Å². The summed E-state index contributed by atoms with van der Waals surface area (Å²) in [6.45, 7) is 0.412. The molecular weight excluding hydrogens is 299 g/mol. The van der Waals surface area contributed by atoms with Crippen molar-refractivity contribution in [2.45, 2.75) is 19.6 Å². The summed E-state index contributed by atoms with van der Waals surface area (Å²) >= 11 is 1.39. The number of amides is 1. The SMILES string of the molecule is Cc1ccccc1C(=O)N(Cc1ccsc1)CC(F)(F)F. The Bertz CT molecular complexity index is 608. The zero-order valence-corrected chi connectivity index (χ0v) is 12.2. The number of nitrogens with zero attached hydrogens (tertiary/aromatic N) is 1. The Hall–Kier alpha value is -1.82. The van der Waals surface area contributed by atoms with E-state index < -0.39 is 18.6 Å². The number of aryl methyl sites for hydroxylation is 1. The number of carbonyl (C=O) groups is 1. The Kier molecular flexibility index (Phi) is 4.67. The first-order chi connectivity index (χ1) is 9.87. The summed E-state index contributed by atoms with van der Waals surface area (Å²) in [6, 6.07) is 8.38. The van der Waals surface area contributed by atoms with Gasteiger partial charge in [-0.3, -0.25) is 4.79 Å². The predicted octanol–water partition coefficient (Wildman–Crippen LogP) is 4.26. The van der Waals surface area contributed by atoms with Gasteiger partial charge < -0.3 is 4.90 Å². The molecule has 0 unspecified atom stereocenters. The van der Waals surface area contributed by atoms with Gasteiger partial charge >= 0.3 is 6.18 Å². The van der Waals surface area contributed by atoms with Crippen molar-refractivity contribution in [1.29, 1.82) is 0 Å². The molecule has 0 fully saturated rings. The number of halogens is 3. The van der Waals surface area contributed by atoms with E-state index in [1.54, 1.807) is 48.0 Å². The molecule has 21 heavy (non-hydrogen) atoms. The van der Waals surface area contributed by atoms with E-state index in [9.17, 15) is 18.0 Å².